The molecule has 112 valence electrons. The highest BCUT2D eigenvalue weighted by Crippen LogP contribution is 2.15. The summed E-state index contributed by atoms with van der Waals surface area (Å²) in [6.45, 7) is 9.62. The van der Waals surface area contributed by atoms with Crippen molar-refractivity contribution in [2.24, 2.45) is 4.99 Å². The number of aryl methyl sites for hydroxylation is 1. The standard InChI is InChI=1S/C17H29N3/c1-6-11-15(18-5)12-9-10-13-20-14(4)16(7-2)17(8-3)19-20/h9-10H,6-8,11-13H2,1-5H3/b10-9+,18-15?. The average molecular weight is 275 g/mol. The van der Waals surface area contributed by atoms with Crippen LogP contribution in [0, 0.1) is 6.92 Å². The molecular formula is C17H29N3. The minimum absolute atomic E-state index is 0.863. The predicted octanol–water partition coefficient (Wildman–Crippen LogP) is 4.13. The van der Waals surface area contributed by atoms with Gasteiger partial charge < -0.3 is 0 Å². The van der Waals surface area contributed by atoms with E-state index in [0.29, 0.717) is 0 Å². The Morgan fingerprint density at radius 1 is 1.20 bits per heavy atom. The second kappa shape index (κ2) is 8.72. The number of aromatic nitrogens is 2. The smallest absolute Gasteiger partial charge is 0.0656 e. The van der Waals surface area contributed by atoms with E-state index in [9.17, 15) is 0 Å². The molecule has 1 heterocycles. The molecule has 20 heavy (non-hydrogen) atoms. The van der Waals surface area contributed by atoms with E-state index in [1.807, 2.05) is 7.05 Å². The number of hydrogen-bond acceptors (Lipinski definition) is 2. The number of hydrogen-bond donors (Lipinski definition) is 0. The SMILES string of the molecule is CCCC(C/C=C/Cn1nc(CC)c(CC)c1C)=NC. The first-order chi connectivity index (χ1) is 9.67. The maximum absolute atomic E-state index is 4.71. The molecule has 0 fully saturated rings. The molecule has 0 saturated carbocycles. The zero-order valence-corrected chi connectivity index (χ0v) is 13.7. The topological polar surface area (TPSA) is 30.2 Å². The number of allylic oxidation sites excluding steroid dienone is 2. The number of aliphatic imine (C=N–C) groups is 1. The number of nitrogens with zero attached hydrogens (tertiary/aromatic N) is 3. The van der Waals surface area contributed by atoms with Crippen molar-refractivity contribution >= 4 is 5.71 Å². The molecule has 0 amide bonds. The second-order valence-electron chi connectivity index (χ2n) is 5.12. The molecule has 0 unspecified atom stereocenters. The van der Waals surface area contributed by atoms with Gasteiger partial charge in [0.1, 0.15) is 0 Å². The lowest BCUT2D eigenvalue weighted by molar-refractivity contribution is 0.665. The molecule has 1 aromatic rings. The van der Waals surface area contributed by atoms with Gasteiger partial charge in [0.05, 0.1) is 12.2 Å². The number of rotatable bonds is 8. The third kappa shape index (κ3) is 4.32. The summed E-state index contributed by atoms with van der Waals surface area (Å²) in [7, 11) is 1.89. The fourth-order valence-corrected chi connectivity index (χ4v) is 2.55. The first-order valence-corrected chi connectivity index (χ1v) is 7.82. The minimum Gasteiger partial charge on any atom is -0.297 e. The van der Waals surface area contributed by atoms with Crippen molar-refractivity contribution in [2.45, 2.75) is 66.3 Å². The monoisotopic (exact) mass is 275 g/mol. The van der Waals surface area contributed by atoms with Crippen LogP contribution in [0.25, 0.3) is 0 Å². The van der Waals surface area contributed by atoms with Crippen molar-refractivity contribution in [3.05, 3.63) is 29.1 Å². The summed E-state index contributed by atoms with van der Waals surface area (Å²) in [4.78, 5) is 4.33. The molecule has 0 N–H and O–H groups in total. The lowest BCUT2D eigenvalue weighted by Gasteiger charge is -2.02. The van der Waals surface area contributed by atoms with Crippen molar-refractivity contribution in [2.75, 3.05) is 7.05 Å². The van der Waals surface area contributed by atoms with Crippen LogP contribution in [0.1, 0.15) is 57.0 Å². The van der Waals surface area contributed by atoms with E-state index in [2.05, 4.69) is 49.5 Å². The molecule has 1 rings (SSSR count). The first-order valence-electron chi connectivity index (χ1n) is 7.82. The molecule has 0 aliphatic heterocycles. The molecule has 0 spiro atoms. The first kappa shape index (κ1) is 16.7. The van der Waals surface area contributed by atoms with Crippen molar-refractivity contribution in [1.82, 2.24) is 9.78 Å². The molecule has 3 heteroatoms. The van der Waals surface area contributed by atoms with Gasteiger partial charge in [0, 0.05) is 24.9 Å². The molecule has 0 aliphatic carbocycles. The molecule has 0 saturated heterocycles. The molecule has 1 aromatic heterocycles. The molecule has 0 aliphatic rings. The van der Waals surface area contributed by atoms with Crippen molar-refractivity contribution in [3.8, 4) is 0 Å². The maximum Gasteiger partial charge on any atom is 0.0656 e. The highest BCUT2D eigenvalue weighted by atomic mass is 15.3. The minimum atomic E-state index is 0.863. The third-order valence-corrected chi connectivity index (χ3v) is 3.76. The Hall–Kier alpha value is -1.38. The van der Waals surface area contributed by atoms with E-state index < -0.39 is 0 Å². The van der Waals surface area contributed by atoms with Gasteiger partial charge in [-0.05, 0) is 31.7 Å². The Bertz CT molecular complexity index is 467. The van der Waals surface area contributed by atoms with Crippen LogP contribution >= 0.6 is 0 Å². The average Bonchev–Trinajstić information content (AvgIpc) is 2.77. The van der Waals surface area contributed by atoms with Gasteiger partial charge in [-0.3, -0.25) is 9.67 Å². The van der Waals surface area contributed by atoms with E-state index in [4.69, 9.17) is 5.10 Å². The maximum atomic E-state index is 4.71. The largest absolute Gasteiger partial charge is 0.297 e. The van der Waals surface area contributed by atoms with Gasteiger partial charge in [0.2, 0.25) is 0 Å². The predicted molar refractivity (Wildman–Crippen MR) is 87.7 cm³/mol. The van der Waals surface area contributed by atoms with Crippen LogP contribution < -0.4 is 0 Å². The molecule has 0 aromatic carbocycles. The van der Waals surface area contributed by atoms with Gasteiger partial charge in [-0.15, -0.1) is 0 Å². The third-order valence-electron chi connectivity index (χ3n) is 3.76. The summed E-state index contributed by atoms with van der Waals surface area (Å²) >= 11 is 0. The Morgan fingerprint density at radius 3 is 2.45 bits per heavy atom. The van der Waals surface area contributed by atoms with Crippen molar-refractivity contribution in [1.29, 1.82) is 0 Å². The Morgan fingerprint density at radius 2 is 1.95 bits per heavy atom. The lowest BCUT2D eigenvalue weighted by Crippen LogP contribution is -2.01. The zero-order valence-electron chi connectivity index (χ0n) is 13.7. The van der Waals surface area contributed by atoms with E-state index in [1.165, 1.54) is 29.1 Å². The summed E-state index contributed by atoms with van der Waals surface area (Å²) in [6.07, 6.45) is 9.74. The van der Waals surface area contributed by atoms with E-state index in [0.717, 1.165) is 32.2 Å². The highest BCUT2D eigenvalue weighted by molar-refractivity contribution is 5.85. The van der Waals surface area contributed by atoms with E-state index in [1.54, 1.807) is 0 Å². The van der Waals surface area contributed by atoms with Crippen LogP contribution in [0.2, 0.25) is 0 Å². The van der Waals surface area contributed by atoms with Crippen LogP contribution in [0.3, 0.4) is 0 Å². The Kier molecular flexibility index (Phi) is 7.27. The van der Waals surface area contributed by atoms with Gasteiger partial charge in [-0.25, -0.2) is 0 Å². The summed E-state index contributed by atoms with van der Waals surface area (Å²) < 4.78 is 2.12. The van der Waals surface area contributed by atoms with Crippen LogP contribution in [0.15, 0.2) is 17.1 Å². The van der Waals surface area contributed by atoms with Crippen LogP contribution in [0.4, 0.5) is 0 Å². The van der Waals surface area contributed by atoms with Crippen molar-refractivity contribution in [3.63, 3.8) is 0 Å². The van der Waals surface area contributed by atoms with Crippen LogP contribution in [-0.2, 0) is 19.4 Å². The quantitative estimate of drug-likeness (QED) is 0.518. The van der Waals surface area contributed by atoms with Crippen molar-refractivity contribution < 1.29 is 0 Å². The summed E-state index contributed by atoms with van der Waals surface area (Å²) in [5.74, 6) is 0. The Balaban J connectivity index is 2.64. The van der Waals surface area contributed by atoms with Gasteiger partial charge in [0.25, 0.3) is 0 Å². The summed E-state index contributed by atoms with van der Waals surface area (Å²) in [5.41, 5.74) is 5.26. The summed E-state index contributed by atoms with van der Waals surface area (Å²) in [6, 6.07) is 0. The van der Waals surface area contributed by atoms with Gasteiger partial charge in [-0.1, -0.05) is 39.3 Å². The highest BCUT2D eigenvalue weighted by Gasteiger charge is 2.10. The van der Waals surface area contributed by atoms with E-state index >= 15 is 0 Å². The van der Waals surface area contributed by atoms with Crippen LogP contribution in [-0.4, -0.2) is 22.5 Å². The summed E-state index contributed by atoms with van der Waals surface area (Å²) in [5, 5.41) is 4.71. The van der Waals surface area contributed by atoms with Gasteiger partial charge >= 0.3 is 0 Å². The Labute approximate surface area is 123 Å². The second-order valence-corrected chi connectivity index (χ2v) is 5.12. The molecular weight excluding hydrogens is 246 g/mol. The fourth-order valence-electron chi connectivity index (χ4n) is 2.55. The lowest BCUT2D eigenvalue weighted by atomic mass is 10.1. The fraction of sp³-hybridized carbons (Fsp3) is 0.647. The normalized spacial score (nSPS) is 12.6. The van der Waals surface area contributed by atoms with Crippen LogP contribution in [0.5, 0.6) is 0 Å². The zero-order chi connectivity index (χ0) is 15.0. The van der Waals surface area contributed by atoms with E-state index in [-0.39, 0.29) is 0 Å². The molecule has 0 radical (unpaired) electrons. The molecule has 3 nitrogen and oxygen atoms in total. The molecule has 0 atom stereocenters. The van der Waals surface area contributed by atoms with Gasteiger partial charge in [0.15, 0.2) is 0 Å². The molecule has 0 bridgehead atoms. The van der Waals surface area contributed by atoms with Gasteiger partial charge in [-0.2, -0.15) is 5.10 Å².